The van der Waals surface area contributed by atoms with Gasteiger partial charge in [-0.1, -0.05) is 23.7 Å². The lowest BCUT2D eigenvalue weighted by Crippen LogP contribution is -2.08. The van der Waals surface area contributed by atoms with Gasteiger partial charge in [-0.3, -0.25) is 9.59 Å². The second kappa shape index (κ2) is 10.1. The van der Waals surface area contributed by atoms with Crippen LogP contribution in [-0.2, 0) is 0 Å². The number of benzene rings is 2. The van der Waals surface area contributed by atoms with Gasteiger partial charge in [-0.25, -0.2) is 4.98 Å². The first-order chi connectivity index (χ1) is 15.0. The predicted molar refractivity (Wildman–Crippen MR) is 119 cm³/mol. The van der Waals surface area contributed by atoms with Gasteiger partial charge in [0.1, 0.15) is 17.1 Å². The average molecular weight is 440 g/mol. The molecule has 0 N–H and O–H groups in total. The topological polar surface area (TPSA) is 74.7 Å². The van der Waals surface area contributed by atoms with Crippen LogP contribution in [0.1, 0.15) is 33.7 Å². The third-order valence-corrected chi connectivity index (χ3v) is 4.98. The lowest BCUT2D eigenvalue weighted by atomic mass is 10.0. The molecule has 1 heterocycles. The van der Waals surface area contributed by atoms with E-state index in [-0.39, 0.29) is 30.1 Å². The quantitative estimate of drug-likeness (QED) is 0.422. The van der Waals surface area contributed by atoms with Gasteiger partial charge in [0.25, 0.3) is 0 Å². The molecule has 0 saturated carbocycles. The van der Waals surface area contributed by atoms with E-state index in [0.29, 0.717) is 33.5 Å². The van der Waals surface area contributed by atoms with Gasteiger partial charge in [-0.15, -0.1) is 0 Å². The number of hydrogen-bond acceptors (Lipinski definition) is 6. The monoisotopic (exact) mass is 439 g/mol. The van der Waals surface area contributed by atoms with Crippen molar-refractivity contribution >= 4 is 23.2 Å². The van der Waals surface area contributed by atoms with Crippen LogP contribution in [0.15, 0.2) is 54.6 Å². The Labute approximate surface area is 185 Å². The molecule has 0 aliphatic rings. The zero-order chi connectivity index (χ0) is 22.4. The Hall–Kier alpha value is -3.38. The minimum atomic E-state index is -0.236. The van der Waals surface area contributed by atoms with Gasteiger partial charge in [-0.2, -0.15) is 0 Å². The summed E-state index contributed by atoms with van der Waals surface area (Å²) in [4.78, 5) is 29.8. The maximum atomic E-state index is 12.7. The third-order valence-electron chi connectivity index (χ3n) is 4.75. The molecule has 0 radical (unpaired) electrons. The van der Waals surface area contributed by atoms with Crippen LogP contribution in [0.5, 0.6) is 17.2 Å². The lowest BCUT2D eigenvalue weighted by Gasteiger charge is -2.10. The Morgan fingerprint density at radius 3 is 2.16 bits per heavy atom. The van der Waals surface area contributed by atoms with E-state index in [1.165, 1.54) is 21.3 Å². The molecule has 0 aliphatic heterocycles. The molecule has 6 nitrogen and oxygen atoms in total. The molecule has 160 valence electrons. The molecule has 31 heavy (non-hydrogen) atoms. The summed E-state index contributed by atoms with van der Waals surface area (Å²) in [6, 6.07) is 15.3. The molecule has 3 aromatic rings. The summed E-state index contributed by atoms with van der Waals surface area (Å²) < 4.78 is 15.8. The molecular formula is C24H22ClNO5. The van der Waals surface area contributed by atoms with Gasteiger partial charge in [0.15, 0.2) is 23.1 Å². The van der Waals surface area contributed by atoms with Crippen molar-refractivity contribution in [3.8, 4) is 28.5 Å². The molecular weight excluding hydrogens is 418 g/mol. The molecule has 0 unspecified atom stereocenters. The maximum Gasteiger partial charge on any atom is 0.181 e. The zero-order valence-electron chi connectivity index (χ0n) is 17.5. The summed E-state index contributed by atoms with van der Waals surface area (Å²) in [6.07, 6.45) is 0.0794. The SMILES string of the molecule is COc1ccc(C(=O)CCC(=O)c2ccc(OC)c(-c3cccc(Cl)c3)n2)cc1OC. The van der Waals surface area contributed by atoms with Crippen LogP contribution in [0.2, 0.25) is 5.02 Å². The fourth-order valence-electron chi connectivity index (χ4n) is 3.12. The van der Waals surface area contributed by atoms with E-state index in [1.54, 1.807) is 48.5 Å². The number of pyridine rings is 1. The normalized spacial score (nSPS) is 10.5. The van der Waals surface area contributed by atoms with Crippen LogP contribution in [0.4, 0.5) is 0 Å². The van der Waals surface area contributed by atoms with Gasteiger partial charge in [0.05, 0.1) is 21.3 Å². The molecule has 3 rings (SSSR count). The highest BCUT2D eigenvalue weighted by Crippen LogP contribution is 2.31. The Kier molecular flexibility index (Phi) is 7.26. The van der Waals surface area contributed by atoms with Crippen molar-refractivity contribution < 1.29 is 23.8 Å². The average Bonchev–Trinajstić information content (AvgIpc) is 2.81. The Morgan fingerprint density at radius 2 is 1.48 bits per heavy atom. The number of carbonyl (C=O) groups is 2. The first-order valence-corrected chi connectivity index (χ1v) is 9.94. The molecule has 1 aromatic heterocycles. The second-order valence-electron chi connectivity index (χ2n) is 6.67. The van der Waals surface area contributed by atoms with Crippen LogP contribution in [0, 0.1) is 0 Å². The predicted octanol–water partition coefficient (Wildman–Crippen LogP) is 5.27. The molecule has 0 aliphatic carbocycles. The number of carbonyl (C=O) groups excluding carboxylic acids is 2. The number of aromatic nitrogens is 1. The highest BCUT2D eigenvalue weighted by Gasteiger charge is 2.17. The number of rotatable bonds is 9. The van der Waals surface area contributed by atoms with E-state index in [2.05, 4.69) is 4.98 Å². The maximum absolute atomic E-state index is 12.7. The third kappa shape index (κ3) is 5.22. The number of ether oxygens (including phenoxy) is 3. The van der Waals surface area contributed by atoms with Crippen LogP contribution < -0.4 is 14.2 Å². The summed E-state index contributed by atoms with van der Waals surface area (Å²) in [7, 11) is 4.56. The number of ketones is 2. The highest BCUT2D eigenvalue weighted by molar-refractivity contribution is 6.30. The van der Waals surface area contributed by atoms with E-state index in [1.807, 2.05) is 6.07 Å². The molecule has 7 heteroatoms. The van der Waals surface area contributed by atoms with E-state index in [0.717, 1.165) is 5.56 Å². The van der Waals surface area contributed by atoms with Gasteiger partial charge in [-0.05, 0) is 42.5 Å². The van der Waals surface area contributed by atoms with Crippen molar-refractivity contribution in [3.63, 3.8) is 0 Å². The molecule has 0 bridgehead atoms. The fourth-order valence-corrected chi connectivity index (χ4v) is 3.31. The Balaban J connectivity index is 1.76. The van der Waals surface area contributed by atoms with Gasteiger partial charge < -0.3 is 14.2 Å². The lowest BCUT2D eigenvalue weighted by molar-refractivity contribution is 0.0915. The number of nitrogens with zero attached hydrogens (tertiary/aromatic N) is 1. The summed E-state index contributed by atoms with van der Waals surface area (Å²) in [6.45, 7) is 0. The highest BCUT2D eigenvalue weighted by atomic mass is 35.5. The van der Waals surface area contributed by atoms with Crippen LogP contribution >= 0.6 is 11.6 Å². The number of Topliss-reactive ketones (excluding diaryl/α,β-unsaturated/α-hetero) is 2. The molecule has 0 spiro atoms. The number of halogens is 1. The summed E-state index contributed by atoms with van der Waals surface area (Å²) in [5.74, 6) is 1.12. The van der Waals surface area contributed by atoms with Crippen LogP contribution in [0.25, 0.3) is 11.3 Å². The van der Waals surface area contributed by atoms with Crippen molar-refractivity contribution in [1.29, 1.82) is 0 Å². The minimum Gasteiger partial charge on any atom is -0.494 e. The van der Waals surface area contributed by atoms with Crippen molar-refractivity contribution in [3.05, 3.63) is 70.9 Å². The first-order valence-electron chi connectivity index (χ1n) is 9.56. The standard InChI is InChI=1S/C24H22ClNO5/c1-29-21-11-7-15(14-23(21)31-3)19(27)9-10-20(28)18-8-12-22(30-2)24(26-18)16-5-4-6-17(25)13-16/h4-8,11-14H,9-10H2,1-3H3. The number of hydrogen-bond donors (Lipinski definition) is 0. The molecule has 0 amide bonds. The largest absolute Gasteiger partial charge is 0.494 e. The summed E-state index contributed by atoms with van der Waals surface area (Å²) >= 11 is 6.09. The molecule has 0 saturated heterocycles. The van der Waals surface area contributed by atoms with Crippen molar-refractivity contribution in [2.75, 3.05) is 21.3 Å². The van der Waals surface area contributed by atoms with Gasteiger partial charge in [0.2, 0.25) is 0 Å². The number of methoxy groups -OCH3 is 3. The Morgan fingerprint density at radius 1 is 0.806 bits per heavy atom. The summed E-state index contributed by atoms with van der Waals surface area (Å²) in [5.41, 5.74) is 1.96. The second-order valence-corrected chi connectivity index (χ2v) is 7.11. The smallest absolute Gasteiger partial charge is 0.181 e. The Bertz CT molecular complexity index is 1110. The van der Waals surface area contributed by atoms with E-state index in [9.17, 15) is 9.59 Å². The van der Waals surface area contributed by atoms with Crippen molar-refractivity contribution in [1.82, 2.24) is 4.98 Å². The van der Waals surface area contributed by atoms with E-state index < -0.39 is 0 Å². The zero-order valence-corrected chi connectivity index (χ0v) is 18.2. The summed E-state index contributed by atoms with van der Waals surface area (Å²) in [5, 5.41) is 0.554. The fraction of sp³-hybridized carbons (Fsp3) is 0.208. The first kappa shape index (κ1) is 22.3. The van der Waals surface area contributed by atoms with Crippen molar-refractivity contribution in [2.45, 2.75) is 12.8 Å². The van der Waals surface area contributed by atoms with E-state index >= 15 is 0 Å². The van der Waals surface area contributed by atoms with Crippen molar-refractivity contribution in [2.24, 2.45) is 0 Å². The molecule has 0 fully saturated rings. The van der Waals surface area contributed by atoms with Gasteiger partial charge >= 0.3 is 0 Å². The van der Waals surface area contributed by atoms with Crippen LogP contribution in [0.3, 0.4) is 0 Å². The molecule has 2 aromatic carbocycles. The molecule has 0 atom stereocenters. The minimum absolute atomic E-state index is 0.0293. The van der Waals surface area contributed by atoms with Crippen LogP contribution in [-0.4, -0.2) is 37.9 Å². The van der Waals surface area contributed by atoms with E-state index in [4.69, 9.17) is 25.8 Å². The van der Waals surface area contributed by atoms with Gasteiger partial charge in [0, 0.05) is 29.0 Å².